The number of rotatable bonds is 8. The fourth-order valence-electron chi connectivity index (χ4n) is 2.98. The first-order chi connectivity index (χ1) is 14.2. The van der Waals surface area contributed by atoms with Crippen LogP contribution in [0.4, 0.5) is 11.5 Å². The first-order valence-corrected chi connectivity index (χ1v) is 12.4. The van der Waals surface area contributed by atoms with Gasteiger partial charge in [0.1, 0.15) is 5.82 Å². The van der Waals surface area contributed by atoms with Crippen LogP contribution < -0.4 is 9.44 Å². The van der Waals surface area contributed by atoms with Gasteiger partial charge in [0.15, 0.2) is 0 Å². The van der Waals surface area contributed by atoms with Crippen molar-refractivity contribution >= 4 is 31.6 Å². The quantitative estimate of drug-likeness (QED) is 0.549. The molecule has 0 fully saturated rings. The zero-order valence-corrected chi connectivity index (χ0v) is 18.3. The van der Waals surface area contributed by atoms with Gasteiger partial charge in [-0.2, -0.15) is 0 Å². The maximum atomic E-state index is 12.7. The van der Waals surface area contributed by atoms with Crippen molar-refractivity contribution in [3.63, 3.8) is 0 Å². The minimum atomic E-state index is -3.83. The topological polar surface area (TPSA) is 105 Å². The van der Waals surface area contributed by atoms with Crippen LogP contribution in [0, 0.1) is 0 Å². The third-order valence-electron chi connectivity index (χ3n) is 4.57. The molecule has 0 bridgehead atoms. The predicted octanol–water partition coefficient (Wildman–Crippen LogP) is 3.81. The number of sulfonamides is 2. The van der Waals surface area contributed by atoms with E-state index >= 15 is 0 Å². The molecule has 1 heterocycles. The smallest absolute Gasteiger partial charge is 0.263 e. The van der Waals surface area contributed by atoms with Crippen molar-refractivity contribution in [2.45, 2.75) is 36.5 Å². The molecule has 158 valence electrons. The molecular formula is C21H23N3O4S2. The Kier molecular flexibility index (Phi) is 6.42. The number of pyridine rings is 1. The van der Waals surface area contributed by atoms with E-state index in [9.17, 15) is 16.8 Å². The molecule has 3 rings (SSSR count). The molecule has 0 aliphatic rings. The van der Waals surface area contributed by atoms with E-state index in [-0.39, 0.29) is 21.3 Å². The Morgan fingerprint density at radius 3 is 1.97 bits per heavy atom. The van der Waals surface area contributed by atoms with Crippen LogP contribution in [-0.4, -0.2) is 21.8 Å². The molecule has 2 N–H and O–H groups in total. The lowest BCUT2D eigenvalue weighted by Gasteiger charge is -2.12. The highest BCUT2D eigenvalue weighted by Gasteiger charge is 2.18. The Bertz CT molecular complexity index is 1230. The molecule has 0 aliphatic heterocycles. The van der Waals surface area contributed by atoms with E-state index < -0.39 is 20.0 Å². The molecule has 9 heteroatoms. The van der Waals surface area contributed by atoms with Gasteiger partial charge in [-0.05, 0) is 72.5 Å². The van der Waals surface area contributed by atoms with E-state index in [1.54, 1.807) is 24.3 Å². The summed E-state index contributed by atoms with van der Waals surface area (Å²) in [7, 11) is -7.63. The van der Waals surface area contributed by atoms with Crippen LogP contribution in [0.2, 0.25) is 0 Å². The van der Waals surface area contributed by atoms with Crippen molar-refractivity contribution in [1.82, 2.24) is 4.98 Å². The highest BCUT2D eigenvalue weighted by Crippen LogP contribution is 2.22. The largest absolute Gasteiger partial charge is 0.280 e. The van der Waals surface area contributed by atoms with Crippen molar-refractivity contribution < 1.29 is 16.8 Å². The van der Waals surface area contributed by atoms with E-state index in [0.717, 1.165) is 24.0 Å². The van der Waals surface area contributed by atoms with Crippen molar-refractivity contribution in [3.05, 3.63) is 78.0 Å². The van der Waals surface area contributed by atoms with Crippen molar-refractivity contribution in [2.75, 3.05) is 9.44 Å². The second-order valence-electron chi connectivity index (χ2n) is 6.59. The van der Waals surface area contributed by atoms with E-state index in [1.165, 1.54) is 36.5 Å². The average molecular weight is 446 g/mol. The summed E-state index contributed by atoms with van der Waals surface area (Å²) in [6.45, 7) is 4.01. The highest BCUT2D eigenvalue weighted by molar-refractivity contribution is 7.93. The second kappa shape index (κ2) is 8.85. The molecule has 0 aliphatic carbocycles. The lowest BCUT2D eigenvalue weighted by atomic mass is 10.0. The van der Waals surface area contributed by atoms with Crippen LogP contribution in [0.15, 0.2) is 76.7 Å². The van der Waals surface area contributed by atoms with Crippen molar-refractivity contribution in [2.24, 2.45) is 0 Å². The van der Waals surface area contributed by atoms with Gasteiger partial charge in [-0.3, -0.25) is 9.44 Å². The monoisotopic (exact) mass is 445 g/mol. The van der Waals surface area contributed by atoms with Crippen LogP contribution in [0.1, 0.15) is 25.0 Å². The van der Waals surface area contributed by atoms with E-state index in [4.69, 9.17) is 0 Å². The lowest BCUT2D eigenvalue weighted by Crippen LogP contribution is -2.15. The summed E-state index contributed by atoms with van der Waals surface area (Å²) in [6, 6.07) is 15.4. The number of hydrogen-bond acceptors (Lipinski definition) is 5. The predicted molar refractivity (Wildman–Crippen MR) is 117 cm³/mol. The molecule has 3 aromatic rings. The normalized spacial score (nSPS) is 11.8. The summed E-state index contributed by atoms with van der Waals surface area (Å²) in [5, 5.41) is 0. The number of aryl methyl sites for hydroxylation is 2. The average Bonchev–Trinajstić information content (AvgIpc) is 2.73. The number of nitrogens with zero attached hydrogens (tertiary/aromatic N) is 1. The third kappa shape index (κ3) is 4.98. The zero-order chi connectivity index (χ0) is 21.8. The molecule has 30 heavy (non-hydrogen) atoms. The standard InChI is InChI=1S/C21H23N3O4S2/c1-3-16-8-11-20(15-17(16)4-2)30(27,28)23-18-9-12-19(13-10-18)29(25,26)24-21-7-5-6-14-22-21/h5-15,23H,3-4H2,1-2H3,(H,22,24). The SMILES string of the molecule is CCc1ccc(S(=O)(=O)Nc2ccc(S(=O)(=O)Nc3ccccn3)cc2)cc1CC. The molecule has 0 saturated carbocycles. The summed E-state index contributed by atoms with van der Waals surface area (Å²) >= 11 is 0. The Hall–Kier alpha value is -2.91. The Morgan fingerprint density at radius 1 is 0.733 bits per heavy atom. The van der Waals surface area contributed by atoms with Crippen LogP contribution in [0.5, 0.6) is 0 Å². The molecule has 7 nitrogen and oxygen atoms in total. The first kappa shape index (κ1) is 21.8. The fourth-order valence-corrected chi connectivity index (χ4v) is 5.10. The number of benzene rings is 2. The van der Waals surface area contributed by atoms with Crippen LogP contribution in [-0.2, 0) is 32.9 Å². The summed E-state index contributed by atoms with van der Waals surface area (Å²) in [4.78, 5) is 4.10. The van der Waals surface area contributed by atoms with Gasteiger partial charge in [0.25, 0.3) is 20.0 Å². The van der Waals surface area contributed by atoms with Gasteiger partial charge in [-0.1, -0.05) is 26.0 Å². The summed E-state index contributed by atoms with van der Waals surface area (Å²) < 4.78 is 55.3. The molecule has 0 unspecified atom stereocenters. The zero-order valence-electron chi connectivity index (χ0n) is 16.7. The lowest BCUT2D eigenvalue weighted by molar-refractivity contribution is 0.600. The van der Waals surface area contributed by atoms with Gasteiger partial charge < -0.3 is 0 Å². The van der Waals surface area contributed by atoms with E-state index in [0.29, 0.717) is 0 Å². The highest BCUT2D eigenvalue weighted by atomic mass is 32.2. The molecule has 2 aromatic carbocycles. The molecule has 0 saturated heterocycles. The van der Waals surface area contributed by atoms with Gasteiger partial charge in [0, 0.05) is 11.9 Å². The number of anilines is 2. The second-order valence-corrected chi connectivity index (χ2v) is 9.95. The van der Waals surface area contributed by atoms with Gasteiger partial charge in [-0.25, -0.2) is 21.8 Å². The van der Waals surface area contributed by atoms with Gasteiger partial charge in [0.05, 0.1) is 9.79 Å². The summed E-state index contributed by atoms with van der Waals surface area (Å²) in [5.41, 5.74) is 2.37. The Morgan fingerprint density at radius 2 is 1.37 bits per heavy atom. The van der Waals surface area contributed by atoms with Crippen LogP contribution >= 0.6 is 0 Å². The molecule has 0 amide bonds. The van der Waals surface area contributed by atoms with Crippen molar-refractivity contribution in [1.29, 1.82) is 0 Å². The Balaban J connectivity index is 1.79. The summed E-state index contributed by atoms with van der Waals surface area (Å²) in [6.07, 6.45) is 3.05. The summed E-state index contributed by atoms with van der Waals surface area (Å²) in [5.74, 6) is 0.199. The minimum absolute atomic E-state index is 0.00308. The number of aromatic nitrogens is 1. The van der Waals surface area contributed by atoms with Crippen LogP contribution in [0.25, 0.3) is 0 Å². The van der Waals surface area contributed by atoms with Gasteiger partial charge in [0.2, 0.25) is 0 Å². The van der Waals surface area contributed by atoms with E-state index in [1.807, 2.05) is 19.9 Å². The first-order valence-electron chi connectivity index (χ1n) is 9.43. The molecule has 0 radical (unpaired) electrons. The minimum Gasteiger partial charge on any atom is -0.280 e. The Labute approximate surface area is 177 Å². The fraction of sp³-hybridized carbons (Fsp3) is 0.190. The number of nitrogens with one attached hydrogen (secondary N) is 2. The number of hydrogen-bond donors (Lipinski definition) is 2. The van der Waals surface area contributed by atoms with Gasteiger partial charge >= 0.3 is 0 Å². The van der Waals surface area contributed by atoms with E-state index in [2.05, 4.69) is 14.4 Å². The molecule has 0 atom stereocenters. The third-order valence-corrected chi connectivity index (χ3v) is 7.32. The maximum absolute atomic E-state index is 12.7. The molecular weight excluding hydrogens is 422 g/mol. The molecule has 0 spiro atoms. The van der Waals surface area contributed by atoms with Crippen molar-refractivity contribution in [3.8, 4) is 0 Å². The van der Waals surface area contributed by atoms with Gasteiger partial charge in [-0.15, -0.1) is 0 Å². The molecule has 1 aromatic heterocycles. The maximum Gasteiger partial charge on any atom is 0.263 e. The van der Waals surface area contributed by atoms with Crippen LogP contribution in [0.3, 0.4) is 0 Å².